The Balaban J connectivity index is 2.64. The molecule has 2 rings (SSSR count). The molecule has 0 spiro atoms. The molecule has 0 atom stereocenters. The highest BCUT2D eigenvalue weighted by Crippen LogP contribution is 2.44. The fourth-order valence-corrected chi connectivity index (χ4v) is 3.27. The molecule has 0 bridgehead atoms. The topological polar surface area (TPSA) is 17.1 Å². The summed E-state index contributed by atoms with van der Waals surface area (Å²) in [4.78, 5) is 11.9. The first-order chi connectivity index (χ1) is 11.0. The van der Waals surface area contributed by atoms with E-state index in [4.69, 9.17) is 0 Å². The fraction of sp³-hybridized carbons (Fsp3) is 0.435. The molecule has 1 aliphatic rings. The summed E-state index contributed by atoms with van der Waals surface area (Å²) in [5, 5.41) is 0. The summed E-state index contributed by atoms with van der Waals surface area (Å²) in [6.07, 6.45) is 7.76. The van der Waals surface area contributed by atoms with Crippen molar-refractivity contribution in [1.82, 2.24) is 0 Å². The Labute approximate surface area is 147 Å². The van der Waals surface area contributed by atoms with E-state index in [-0.39, 0.29) is 16.7 Å². The van der Waals surface area contributed by atoms with E-state index in [1.807, 2.05) is 0 Å². The third kappa shape index (κ3) is 3.95. The van der Waals surface area contributed by atoms with Gasteiger partial charge in [-0.25, -0.2) is 0 Å². The molecule has 1 aromatic carbocycles. The van der Waals surface area contributed by atoms with Gasteiger partial charge in [0.2, 0.25) is 0 Å². The first kappa shape index (κ1) is 18.4. The van der Waals surface area contributed by atoms with E-state index in [2.05, 4.69) is 91.0 Å². The van der Waals surface area contributed by atoms with Gasteiger partial charge in [-0.1, -0.05) is 78.0 Å². The minimum absolute atomic E-state index is 0.0405. The Hall–Kier alpha value is -1.89. The fourth-order valence-electron chi connectivity index (χ4n) is 3.27. The second kappa shape index (κ2) is 6.55. The van der Waals surface area contributed by atoms with Crippen molar-refractivity contribution < 1.29 is 4.79 Å². The second-order valence-corrected chi connectivity index (χ2v) is 8.81. The molecule has 0 heterocycles. The van der Waals surface area contributed by atoms with Crippen LogP contribution in [0.5, 0.6) is 0 Å². The van der Waals surface area contributed by atoms with Crippen LogP contribution in [0.2, 0.25) is 0 Å². The maximum atomic E-state index is 11.9. The van der Waals surface area contributed by atoms with Gasteiger partial charge in [-0.2, -0.15) is 0 Å². The predicted molar refractivity (Wildman–Crippen MR) is 104 cm³/mol. The number of aldehydes is 1. The van der Waals surface area contributed by atoms with Gasteiger partial charge in [0.15, 0.2) is 0 Å². The van der Waals surface area contributed by atoms with Crippen LogP contribution in [0.15, 0.2) is 53.1 Å². The minimum atomic E-state index is -0.126. The quantitative estimate of drug-likeness (QED) is 0.597. The van der Waals surface area contributed by atoms with E-state index < -0.39 is 0 Å². The lowest BCUT2D eigenvalue weighted by atomic mass is 9.67. The third-order valence-corrected chi connectivity index (χ3v) is 4.69. The second-order valence-electron chi connectivity index (χ2n) is 8.81. The van der Waals surface area contributed by atoms with E-state index >= 15 is 0 Å². The maximum absolute atomic E-state index is 11.9. The molecule has 0 radical (unpaired) electrons. The van der Waals surface area contributed by atoms with Crippen LogP contribution in [-0.2, 0) is 4.79 Å². The summed E-state index contributed by atoms with van der Waals surface area (Å²) in [5.41, 5.74) is 5.99. The van der Waals surface area contributed by atoms with E-state index in [9.17, 15) is 4.79 Å². The third-order valence-electron chi connectivity index (χ3n) is 4.69. The summed E-state index contributed by atoms with van der Waals surface area (Å²) in [7, 11) is 0. The van der Waals surface area contributed by atoms with Crippen LogP contribution in [0.4, 0.5) is 0 Å². The Morgan fingerprint density at radius 3 is 1.79 bits per heavy atom. The van der Waals surface area contributed by atoms with Gasteiger partial charge in [-0.3, -0.25) is 0 Å². The highest BCUT2D eigenvalue weighted by atomic mass is 16.1. The highest BCUT2D eigenvalue weighted by molar-refractivity contribution is 5.72. The summed E-state index contributed by atoms with van der Waals surface area (Å²) in [6.45, 7) is 15.3. The Kier molecular flexibility index (Phi) is 5.03. The number of allylic oxidation sites excluding steroid dienone is 5. The van der Waals surface area contributed by atoms with Gasteiger partial charge >= 0.3 is 0 Å². The van der Waals surface area contributed by atoms with Gasteiger partial charge in [-0.05, 0) is 51.7 Å². The standard InChI is InChI=1S/C23H30O/c1-16-10-8-9-11-18(16)12-17-13-20(22(2,3)4)19(15-24)21(14-17)23(5,6)7/h8-15,19H,1-7H3. The zero-order valence-corrected chi connectivity index (χ0v) is 16.1. The molecular weight excluding hydrogens is 292 g/mol. The van der Waals surface area contributed by atoms with Gasteiger partial charge < -0.3 is 4.79 Å². The van der Waals surface area contributed by atoms with Crippen molar-refractivity contribution in [1.29, 1.82) is 0 Å². The SMILES string of the molecule is Cc1ccccc1C=C1C=C(C(C)(C)C)C(C=O)C(C(C)(C)C)=C1. The van der Waals surface area contributed by atoms with E-state index in [0.717, 1.165) is 6.29 Å². The molecule has 1 nitrogen and oxygen atoms in total. The predicted octanol–water partition coefficient (Wildman–Crippen LogP) is 6.15. The number of aryl methyl sites for hydroxylation is 1. The van der Waals surface area contributed by atoms with Crippen molar-refractivity contribution in [3.8, 4) is 0 Å². The average molecular weight is 322 g/mol. The van der Waals surface area contributed by atoms with Gasteiger partial charge in [0, 0.05) is 0 Å². The van der Waals surface area contributed by atoms with Gasteiger partial charge in [0.1, 0.15) is 6.29 Å². The summed E-state index contributed by atoms with van der Waals surface area (Å²) < 4.78 is 0. The Bertz CT molecular complexity index is 681. The van der Waals surface area contributed by atoms with Crippen LogP contribution in [0.25, 0.3) is 6.08 Å². The first-order valence-corrected chi connectivity index (χ1v) is 8.71. The normalized spacial score (nSPS) is 18.8. The zero-order chi connectivity index (χ0) is 18.1. The Morgan fingerprint density at radius 1 is 0.875 bits per heavy atom. The molecule has 0 saturated carbocycles. The van der Waals surface area contributed by atoms with Crippen molar-refractivity contribution >= 4 is 12.4 Å². The minimum Gasteiger partial charge on any atom is -0.302 e. The average Bonchev–Trinajstić information content (AvgIpc) is 2.47. The molecule has 1 aliphatic carbocycles. The molecule has 0 N–H and O–H groups in total. The van der Waals surface area contributed by atoms with Crippen molar-refractivity contribution in [2.45, 2.75) is 48.5 Å². The smallest absolute Gasteiger partial charge is 0.131 e. The van der Waals surface area contributed by atoms with Gasteiger partial charge in [-0.15, -0.1) is 0 Å². The van der Waals surface area contributed by atoms with Crippen LogP contribution in [-0.4, -0.2) is 6.29 Å². The van der Waals surface area contributed by atoms with Crippen LogP contribution in [0.3, 0.4) is 0 Å². The molecule has 0 amide bonds. The molecule has 1 heteroatoms. The number of carbonyl (C=O) groups excluding carboxylic acids is 1. The van der Waals surface area contributed by atoms with E-state index in [1.54, 1.807) is 0 Å². The molecule has 0 fully saturated rings. The lowest BCUT2D eigenvalue weighted by Crippen LogP contribution is -2.28. The lowest BCUT2D eigenvalue weighted by Gasteiger charge is -2.37. The van der Waals surface area contributed by atoms with E-state index in [1.165, 1.54) is 27.8 Å². The summed E-state index contributed by atoms with van der Waals surface area (Å²) >= 11 is 0. The number of hydrogen-bond donors (Lipinski definition) is 0. The van der Waals surface area contributed by atoms with Gasteiger partial charge in [0.25, 0.3) is 0 Å². The molecule has 0 aliphatic heterocycles. The maximum Gasteiger partial charge on any atom is 0.131 e. The van der Waals surface area contributed by atoms with Crippen molar-refractivity contribution in [3.05, 3.63) is 64.3 Å². The van der Waals surface area contributed by atoms with Crippen LogP contribution >= 0.6 is 0 Å². The Morgan fingerprint density at radius 2 is 1.38 bits per heavy atom. The molecule has 0 saturated heterocycles. The number of carbonyl (C=O) groups is 1. The number of hydrogen-bond acceptors (Lipinski definition) is 1. The largest absolute Gasteiger partial charge is 0.302 e. The first-order valence-electron chi connectivity index (χ1n) is 8.71. The molecular formula is C23H30O. The van der Waals surface area contributed by atoms with Crippen molar-refractivity contribution in [2.24, 2.45) is 16.7 Å². The van der Waals surface area contributed by atoms with E-state index in [0.29, 0.717) is 0 Å². The summed E-state index contributed by atoms with van der Waals surface area (Å²) in [6, 6.07) is 8.41. The number of benzene rings is 1. The zero-order valence-electron chi connectivity index (χ0n) is 16.1. The molecule has 128 valence electrons. The van der Waals surface area contributed by atoms with Crippen LogP contribution in [0, 0.1) is 23.7 Å². The lowest BCUT2D eigenvalue weighted by molar-refractivity contribution is -0.109. The molecule has 0 aromatic heterocycles. The summed E-state index contributed by atoms with van der Waals surface area (Å²) in [5.74, 6) is -0.126. The molecule has 1 aromatic rings. The van der Waals surface area contributed by atoms with Crippen molar-refractivity contribution in [2.75, 3.05) is 0 Å². The van der Waals surface area contributed by atoms with Crippen LogP contribution in [0.1, 0.15) is 52.7 Å². The number of rotatable bonds is 2. The van der Waals surface area contributed by atoms with Gasteiger partial charge in [0.05, 0.1) is 5.92 Å². The molecule has 0 unspecified atom stereocenters. The molecule has 24 heavy (non-hydrogen) atoms. The van der Waals surface area contributed by atoms with Crippen LogP contribution < -0.4 is 0 Å². The monoisotopic (exact) mass is 322 g/mol. The highest BCUT2D eigenvalue weighted by Gasteiger charge is 2.35. The van der Waals surface area contributed by atoms with Crippen molar-refractivity contribution in [3.63, 3.8) is 0 Å².